The second-order valence-electron chi connectivity index (χ2n) is 8.06. The van der Waals surface area contributed by atoms with E-state index in [1.54, 1.807) is 0 Å². The molecule has 0 heterocycles. The number of hydrogen-bond acceptors (Lipinski definition) is 4. The minimum Gasteiger partial charge on any atom is -0.398 e. The zero-order valence-electron chi connectivity index (χ0n) is 17.3. The molecule has 0 aliphatic carbocycles. The average Bonchev–Trinajstić information content (AvgIpc) is 2.58. The number of alkyl halides is 6. The van der Waals surface area contributed by atoms with Gasteiger partial charge in [0.05, 0.1) is 0 Å². The highest BCUT2D eigenvalue weighted by Crippen LogP contribution is 2.44. The number of aryl methyl sites for hydroxylation is 2. The SMILES string of the molecule is Cc1cc(Cc2cc(C)c(N)c(C(C)(O)C(F)(F)F)c2)cc(C(C)(O)C(F)(F)F)c1N. The predicted molar refractivity (Wildman–Crippen MR) is 105 cm³/mol. The molecular formula is C21H24F6N2O2. The zero-order chi connectivity index (χ0) is 24.2. The molecule has 0 aliphatic rings. The Balaban J connectivity index is 2.61. The highest BCUT2D eigenvalue weighted by Gasteiger charge is 2.53. The van der Waals surface area contributed by atoms with Crippen molar-refractivity contribution in [2.45, 2.75) is 57.7 Å². The van der Waals surface area contributed by atoms with Gasteiger partial charge in [0.15, 0.2) is 11.2 Å². The van der Waals surface area contributed by atoms with Gasteiger partial charge in [-0.3, -0.25) is 0 Å². The Morgan fingerprint density at radius 1 is 0.677 bits per heavy atom. The largest absolute Gasteiger partial charge is 0.421 e. The molecule has 31 heavy (non-hydrogen) atoms. The van der Waals surface area contributed by atoms with Gasteiger partial charge in [-0.15, -0.1) is 0 Å². The van der Waals surface area contributed by atoms with Gasteiger partial charge < -0.3 is 21.7 Å². The molecule has 2 rings (SSSR count). The van der Waals surface area contributed by atoms with E-state index in [1.165, 1.54) is 26.0 Å². The molecule has 0 aliphatic heterocycles. The van der Waals surface area contributed by atoms with Gasteiger partial charge in [-0.25, -0.2) is 0 Å². The van der Waals surface area contributed by atoms with Gasteiger partial charge in [0.25, 0.3) is 0 Å². The Labute approximate surface area is 175 Å². The first-order chi connectivity index (χ1) is 13.8. The van der Waals surface area contributed by atoms with Gasteiger partial charge in [0.1, 0.15) is 0 Å². The minimum atomic E-state index is -5.00. The van der Waals surface area contributed by atoms with Crippen LogP contribution in [0.1, 0.15) is 47.2 Å². The molecule has 0 spiro atoms. The summed E-state index contributed by atoms with van der Waals surface area (Å²) >= 11 is 0. The van der Waals surface area contributed by atoms with Crippen molar-refractivity contribution in [2.75, 3.05) is 11.5 Å². The summed E-state index contributed by atoms with van der Waals surface area (Å²) in [6.45, 7) is 4.08. The van der Waals surface area contributed by atoms with Crippen LogP contribution >= 0.6 is 0 Å². The topological polar surface area (TPSA) is 92.5 Å². The Morgan fingerprint density at radius 3 is 1.23 bits per heavy atom. The maximum absolute atomic E-state index is 13.3. The number of aliphatic hydroxyl groups is 2. The molecule has 0 radical (unpaired) electrons. The highest BCUT2D eigenvalue weighted by atomic mass is 19.4. The van der Waals surface area contributed by atoms with E-state index < -0.39 is 34.7 Å². The van der Waals surface area contributed by atoms with Gasteiger partial charge in [-0.2, -0.15) is 26.3 Å². The quantitative estimate of drug-likeness (QED) is 0.405. The second kappa shape index (κ2) is 7.59. The van der Waals surface area contributed by atoms with Gasteiger partial charge in [0.2, 0.25) is 0 Å². The molecule has 2 aromatic carbocycles. The molecule has 0 bridgehead atoms. The third kappa shape index (κ3) is 4.45. The summed E-state index contributed by atoms with van der Waals surface area (Å²) in [4.78, 5) is 0. The van der Waals surface area contributed by atoms with Crippen LogP contribution in [0.5, 0.6) is 0 Å². The Hall–Kier alpha value is -2.46. The maximum atomic E-state index is 13.3. The summed E-state index contributed by atoms with van der Waals surface area (Å²) < 4.78 is 80.0. The van der Waals surface area contributed by atoms with Crippen LogP contribution in [0.3, 0.4) is 0 Å². The molecule has 0 saturated heterocycles. The van der Waals surface area contributed by atoms with Gasteiger partial charge in [-0.05, 0) is 56.4 Å². The van der Waals surface area contributed by atoms with Crippen LogP contribution in [0.25, 0.3) is 0 Å². The average molecular weight is 450 g/mol. The summed E-state index contributed by atoms with van der Waals surface area (Å²) in [5.74, 6) is 0. The fraction of sp³-hybridized carbons (Fsp3) is 0.429. The Bertz CT molecular complexity index is 915. The smallest absolute Gasteiger partial charge is 0.398 e. The number of anilines is 2. The van der Waals surface area contributed by atoms with Crippen molar-refractivity contribution >= 4 is 11.4 Å². The van der Waals surface area contributed by atoms with E-state index in [0.717, 1.165) is 12.1 Å². The second-order valence-corrected chi connectivity index (χ2v) is 8.06. The predicted octanol–water partition coefficient (Wildman–Crippen LogP) is 4.60. The number of nitrogen functional groups attached to an aromatic ring is 2. The van der Waals surface area contributed by atoms with Crippen molar-refractivity contribution in [3.8, 4) is 0 Å². The van der Waals surface area contributed by atoms with Crippen LogP contribution in [-0.2, 0) is 17.6 Å². The molecule has 0 saturated carbocycles. The van der Waals surface area contributed by atoms with Gasteiger partial charge >= 0.3 is 12.4 Å². The molecule has 0 aromatic heterocycles. The monoisotopic (exact) mass is 450 g/mol. The van der Waals surface area contributed by atoms with Crippen molar-refractivity contribution in [1.82, 2.24) is 0 Å². The van der Waals surface area contributed by atoms with Crippen LogP contribution in [-0.4, -0.2) is 22.6 Å². The number of benzene rings is 2. The number of nitrogens with two attached hydrogens (primary N) is 2. The molecule has 2 aromatic rings. The third-order valence-electron chi connectivity index (χ3n) is 5.45. The Morgan fingerprint density at radius 2 is 0.968 bits per heavy atom. The first kappa shape index (κ1) is 24.8. The van der Waals surface area contributed by atoms with Crippen molar-refractivity contribution < 1.29 is 36.6 Å². The summed E-state index contributed by atoms with van der Waals surface area (Å²) in [5, 5.41) is 20.1. The van der Waals surface area contributed by atoms with E-state index in [-0.39, 0.29) is 40.0 Å². The number of rotatable bonds is 4. The van der Waals surface area contributed by atoms with E-state index in [1.807, 2.05) is 0 Å². The maximum Gasteiger partial charge on any atom is 0.421 e. The van der Waals surface area contributed by atoms with E-state index in [9.17, 15) is 36.6 Å². The van der Waals surface area contributed by atoms with E-state index in [2.05, 4.69) is 0 Å². The lowest BCUT2D eigenvalue weighted by Gasteiger charge is -2.30. The third-order valence-corrected chi connectivity index (χ3v) is 5.45. The summed E-state index contributed by atoms with van der Waals surface area (Å²) in [7, 11) is 0. The van der Waals surface area contributed by atoms with Crippen LogP contribution in [0, 0.1) is 13.8 Å². The molecule has 0 amide bonds. The zero-order valence-corrected chi connectivity index (χ0v) is 17.3. The number of halogens is 6. The molecule has 172 valence electrons. The lowest BCUT2D eigenvalue weighted by atomic mass is 9.86. The lowest BCUT2D eigenvalue weighted by Crippen LogP contribution is -2.40. The van der Waals surface area contributed by atoms with Crippen molar-refractivity contribution in [2.24, 2.45) is 0 Å². The molecule has 4 nitrogen and oxygen atoms in total. The van der Waals surface area contributed by atoms with Crippen LogP contribution < -0.4 is 11.5 Å². The van der Waals surface area contributed by atoms with Gasteiger partial charge in [-0.1, -0.05) is 24.3 Å². The lowest BCUT2D eigenvalue weighted by molar-refractivity contribution is -0.258. The van der Waals surface area contributed by atoms with Crippen LogP contribution in [0.4, 0.5) is 37.7 Å². The normalized spacial score (nSPS) is 16.6. The van der Waals surface area contributed by atoms with Gasteiger partial charge in [0, 0.05) is 22.5 Å². The van der Waals surface area contributed by atoms with Crippen molar-refractivity contribution in [1.29, 1.82) is 0 Å². The molecule has 10 heteroatoms. The summed E-state index contributed by atoms with van der Waals surface area (Å²) in [6, 6.07) is 5.11. The van der Waals surface area contributed by atoms with E-state index in [0.29, 0.717) is 13.8 Å². The molecular weight excluding hydrogens is 426 g/mol. The fourth-order valence-corrected chi connectivity index (χ4v) is 3.30. The minimum absolute atomic E-state index is 0.0793. The van der Waals surface area contributed by atoms with Crippen LogP contribution in [0.15, 0.2) is 24.3 Å². The first-order valence-electron chi connectivity index (χ1n) is 9.17. The first-order valence-corrected chi connectivity index (χ1v) is 9.17. The molecule has 2 atom stereocenters. The number of hydrogen-bond donors (Lipinski definition) is 4. The molecule has 6 N–H and O–H groups in total. The molecule has 2 unspecified atom stereocenters. The Kier molecular flexibility index (Phi) is 6.08. The van der Waals surface area contributed by atoms with Crippen molar-refractivity contribution in [3.05, 3.63) is 57.6 Å². The van der Waals surface area contributed by atoms with E-state index in [4.69, 9.17) is 11.5 Å². The van der Waals surface area contributed by atoms with Crippen molar-refractivity contribution in [3.63, 3.8) is 0 Å². The summed E-state index contributed by atoms with van der Waals surface area (Å²) in [5.41, 5.74) is 4.62. The summed E-state index contributed by atoms with van der Waals surface area (Å²) in [6.07, 6.45) is -10.1. The highest BCUT2D eigenvalue weighted by molar-refractivity contribution is 5.60. The fourth-order valence-electron chi connectivity index (χ4n) is 3.30. The molecule has 0 fully saturated rings. The standard InChI is InChI=1S/C21H24F6N2O2/c1-10-5-12(8-14(16(10)28)18(3,30)20(22,23)24)7-13-6-11(2)17(29)15(9-13)19(4,31)21(25,26)27/h5-6,8-9,30-31H,7,28-29H2,1-4H3. The van der Waals surface area contributed by atoms with Crippen LogP contribution in [0.2, 0.25) is 0 Å². The van der Waals surface area contributed by atoms with E-state index >= 15 is 0 Å².